The molecule has 0 radical (unpaired) electrons. The maximum absolute atomic E-state index is 8.98. The van der Waals surface area contributed by atoms with Gasteiger partial charge < -0.3 is 9.67 Å². The van der Waals surface area contributed by atoms with Gasteiger partial charge in [-0.05, 0) is 42.5 Å². The second-order valence-electron chi connectivity index (χ2n) is 4.24. The Kier molecular flexibility index (Phi) is 2.26. The van der Waals surface area contributed by atoms with Gasteiger partial charge in [0.2, 0.25) is 0 Å². The van der Waals surface area contributed by atoms with Crippen LogP contribution in [0, 0.1) is 0 Å². The fraction of sp³-hybridized carbons (Fsp3) is 0.308. The largest absolute Gasteiger partial charge is 0.390 e. The number of aromatic nitrogens is 2. The number of imidazole rings is 1. The zero-order valence-electron chi connectivity index (χ0n) is 9.06. The molecule has 1 aromatic carbocycles. The highest BCUT2D eigenvalue weighted by Crippen LogP contribution is 2.24. The molecule has 1 heterocycles. The smallest absolute Gasteiger partial charge is 0.0996 e. The molecule has 1 aromatic heterocycles. The van der Waals surface area contributed by atoms with E-state index in [1.54, 1.807) is 6.33 Å². The lowest BCUT2D eigenvalue weighted by Gasteiger charge is -2.05. The molecule has 0 aliphatic heterocycles. The molecule has 3 rings (SSSR count). The van der Waals surface area contributed by atoms with E-state index in [9.17, 15) is 0 Å². The van der Waals surface area contributed by atoms with Gasteiger partial charge in [-0.1, -0.05) is 6.07 Å². The Labute approximate surface area is 94.4 Å². The molecule has 1 aliphatic rings. The van der Waals surface area contributed by atoms with E-state index in [4.69, 9.17) is 5.11 Å². The highest BCUT2D eigenvalue weighted by molar-refractivity contribution is 5.42. The van der Waals surface area contributed by atoms with E-state index in [0.717, 1.165) is 5.69 Å². The lowest BCUT2D eigenvalue weighted by molar-refractivity contribution is 0.277. The fourth-order valence-electron chi connectivity index (χ4n) is 2.31. The van der Waals surface area contributed by atoms with E-state index in [1.807, 2.05) is 10.8 Å². The van der Waals surface area contributed by atoms with Gasteiger partial charge in [0.15, 0.2) is 0 Å². The SMILES string of the molecule is OCc1cn(-c2ccc3c(c2)CCC3)cn1. The second kappa shape index (κ2) is 3.76. The number of fused-ring (bicyclic) bond motifs is 1. The van der Waals surface area contributed by atoms with Crippen molar-refractivity contribution >= 4 is 0 Å². The number of aliphatic hydroxyl groups excluding tert-OH is 1. The molecule has 1 N–H and O–H groups in total. The van der Waals surface area contributed by atoms with Gasteiger partial charge in [0.1, 0.15) is 0 Å². The summed E-state index contributed by atoms with van der Waals surface area (Å²) in [6.45, 7) is -0.00204. The lowest BCUT2D eigenvalue weighted by atomic mass is 10.1. The number of rotatable bonds is 2. The van der Waals surface area contributed by atoms with Crippen LogP contribution in [0.4, 0.5) is 0 Å². The van der Waals surface area contributed by atoms with Gasteiger partial charge in [0, 0.05) is 11.9 Å². The summed E-state index contributed by atoms with van der Waals surface area (Å²) in [5.41, 5.74) is 4.77. The van der Waals surface area contributed by atoms with Crippen LogP contribution in [-0.2, 0) is 19.4 Å². The van der Waals surface area contributed by atoms with Crippen LogP contribution in [0.1, 0.15) is 23.2 Å². The third-order valence-corrected chi connectivity index (χ3v) is 3.18. The number of hydrogen-bond donors (Lipinski definition) is 1. The molecule has 0 atom stereocenters. The molecule has 1 aliphatic carbocycles. The zero-order valence-corrected chi connectivity index (χ0v) is 9.06. The third kappa shape index (κ3) is 1.53. The van der Waals surface area contributed by atoms with Crippen molar-refractivity contribution in [1.82, 2.24) is 9.55 Å². The molecule has 0 fully saturated rings. The molecular weight excluding hydrogens is 200 g/mol. The first-order valence-corrected chi connectivity index (χ1v) is 5.63. The van der Waals surface area contributed by atoms with Crippen LogP contribution in [0.25, 0.3) is 5.69 Å². The van der Waals surface area contributed by atoms with E-state index < -0.39 is 0 Å². The summed E-state index contributed by atoms with van der Waals surface area (Å²) in [6, 6.07) is 6.55. The van der Waals surface area contributed by atoms with Crippen LogP contribution in [0.5, 0.6) is 0 Å². The van der Waals surface area contributed by atoms with Gasteiger partial charge in [-0.15, -0.1) is 0 Å². The highest BCUT2D eigenvalue weighted by Gasteiger charge is 2.11. The van der Waals surface area contributed by atoms with Gasteiger partial charge in [0.25, 0.3) is 0 Å². The van der Waals surface area contributed by atoms with E-state index >= 15 is 0 Å². The minimum atomic E-state index is -0.00204. The summed E-state index contributed by atoms with van der Waals surface area (Å²) >= 11 is 0. The summed E-state index contributed by atoms with van der Waals surface area (Å²) in [5, 5.41) is 8.98. The molecule has 0 spiro atoms. The molecule has 2 aromatic rings. The maximum Gasteiger partial charge on any atom is 0.0996 e. The van der Waals surface area contributed by atoms with Crippen molar-refractivity contribution in [3.05, 3.63) is 47.5 Å². The molecule has 0 saturated carbocycles. The molecule has 0 amide bonds. The normalized spacial score (nSPS) is 14.1. The molecule has 3 nitrogen and oxygen atoms in total. The number of aliphatic hydroxyl groups is 1. The van der Waals surface area contributed by atoms with E-state index in [2.05, 4.69) is 23.2 Å². The molecule has 82 valence electrons. The van der Waals surface area contributed by atoms with Crippen molar-refractivity contribution in [3.63, 3.8) is 0 Å². The summed E-state index contributed by atoms with van der Waals surface area (Å²) in [7, 11) is 0. The predicted molar refractivity (Wildman–Crippen MR) is 61.5 cm³/mol. The summed E-state index contributed by atoms with van der Waals surface area (Å²) < 4.78 is 1.96. The predicted octanol–water partition coefficient (Wildman–Crippen LogP) is 1.85. The van der Waals surface area contributed by atoms with E-state index in [0.29, 0.717) is 5.69 Å². The van der Waals surface area contributed by atoms with Crippen molar-refractivity contribution in [3.8, 4) is 5.69 Å². The fourth-order valence-corrected chi connectivity index (χ4v) is 2.31. The summed E-state index contributed by atoms with van der Waals surface area (Å²) in [4.78, 5) is 4.12. The van der Waals surface area contributed by atoms with Gasteiger partial charge in [-0.25, -0.2) is 4.98 Å². The van der Waals surface area contributed by atoms with Crippen LogP contribution < -0.4 is 0 Å². The van der Waals surface area contributed by atoms with Crippen LogP contribution in [0.3, 0.4) is 0 Å². The molecule has 0 unspecified atom stereocenters. The van der Waals surface area contributed by atoms with Crippen molar-refractivity contribution in [2.75, 3.05) is 0 Å². The van der Waals surface area contributed by atoms with Gasteiger partial charge in [0.05, 0.1) is 18.6 Å². The molecule has 0 bridgehead atoms. The Balaban J connectivity index is 2.00. The van der Waals surface area contributed by atoms with Gasteiger partial charge >= 0.3 is 0 Å². The zero-order chi connectivity index (χ0) is 11.0. The van der Waals surface area contributed by atoms with Crippen LogP contribution in [-0.4, -0.2) is 14.7 Å². The van der Waals surface area contributed by atoms with Gasteiger partial charge in [-0.3, -0.25) is 0 Å². The Morgan fingerprint density at radius 2 is 2.12 bits per heavy atom. The van der Waals surface area contributed by atoms with Gasteiger partial charge in [-0.2, -0.15) is 0 Å². The molecule has 0 saturated heterocycles. The topological polar surface area (TPSA) is 38.0 Å². The summed E-state index contributed by atoms with van der Waals surface area (Å²) in [6.07, 6.45) is 7.29. The average Bonchev–Trinajstić information content (AvgIpc) is 2.96. The number of aryl methyl sites for hydroxylation is 2. The minimum Gasteiger partial charge on any atom is -0.390 e. The second-order valence-corrected chi connectivity index (χ2v) is 4.24. The standard InChI is InChI=1S/C13H14N2O/c16-8-12-7-15(9-14-12)13-5-4-10-2-1-3-11(10)6-13/h4-7,9,16H,1-3,8H2. The van der Waals surface area contributed by atoms with E-state index in [-0.39, 0.29) is 6.61 Å². The van der Waals surface area contributed by atoms with Crippen molar-refractivity contribution in [1.29, 1.82) is 0 Å². The minimum absolute atomic E-state index is 0.00204. The maximum atomic E-state index is 8.98. The third-order valence-electron chi connectivity index (χ3n) is 3.18. The monoisotopic (exact) mass is 214 g/mol. The Morgan fingerprint density at radius 1 is 1.25 bits per heavy atom. The first-order valence-electron chi connectivity index (χ1n) is 5.63. The quantitative estimate of drug-likeness (QED) is 0.828. The highest BCUT2D eigenvalue weighted by atomic mass is 16.3. The van der Waals surface area contributed by atoms with Crippen LogP contribution >= 0.6 is 0 Å². The number of benzene rings is 1. The molecule has 16 heavy (non-hydrogen) atoms. The van der Waals surface area contributed by atoms with E-state index in [1.165, 1.54) is 30.4 Å². The Hall–Kier alpha value is -1.61. The number of hydrogen-bond acceptors (Lipinski definition) is 2. The first kappa shape index (κ1) is 9.60. The van der Waals surface area contributed by atoms with Crippen LogP contribution in [0.2, 0.25) is 0 Å². The van der Waals surface area contributed by atoms with Crippen molar-refractivity contribution in [2.24, 2.45) is 0 Å². The average molecular weight is 214 g/mol. The summed E-state index contributed by atoms with van der Waals surface area (Å²) in [5.74, 6) is 0. The van der Waals surface area contributed by atoms with Crippen LogP contribution in [0.15, 0.2) is 30.7 Å². The Bertz CT molecular complexity index is 516. The Morgan fingerprint density at radius 3 is 2.94 bits per heavy atom. The molecular formula is C13H14N2O. The number of nitrogens with zero attached hydrogens (tertiary/aromatic N) is 2. The lowest BCUT2D eigenvalue weighted by Crippen LogP contribution is -1.92. The molecule has 3 heteroatoms. The van der Waals surface area contributed by atoms with Crippen molar-refractivity contribution < 1.29 is 5.11 Å². The van der Waals surface area contributed by atoms with Crippen molar-refractivity contribution in [2.45, 2.75) is 25.9 Å². The first-order chi connectivity index (χ1) is 7.86.